The maximum atomic E-state index is 12.2. The monoisotopic (exact) mass is 364 g/mol. The van der Waals surface area contributed by atoms with E-state index in [1.54, 1.807) is 12.1 Å². The van der Waals surface area contributed by atoms with Gasteiger partial charge in [0.05, 0.1) is 0 Å². The van der Waals surface area contributed by atoms with Crippen LogP contribution in [0.15, 0.2) is 54.2 Å². The molecule has 2 aromatic rings. The van der Waals surface area contributed by atoms with E-state index in [9.17, 15) is 15.2 Å². The number of phenols is 1. The fourth-order valence-electron chi connectivity index (χ4n) is 2.64. The van der Waals surface area contributed by atoms with Gasteiger partial charge in [-0.15, -0.1) is 0 Å². The van der Waals surface area contributed by atoms with E-state index in [1.165, 1.54) is 18.3 Å². The van der Waals surface area contributed by atoms with Crippen LogP contribution in [0.5, 0.6) is 5.75 Å². The molecule has 0 heterocycles. The number of carbonyl (C=O) groups is 1. The number of nitrogens with zero attached hydrogens (tertiary/aromatic N) is 2. The van der Waals surface area contributed by atoms with Crippen molar-refractivity contribution >= 4 is 23.0 Å². The Balaban J connectivity index is 2.11. The number of aryl methyl sites for hydroxylation is 1. The molecule has 0 fully saturated rings. The number of nitrogens with one attached hydrogen (secondary N) is 2. The summed E-state index contributed by atoms with van der Waals surface area (Å²) < 4.78 is 0. The quantitative estimate of drug-likeness (QED) is 0.392. The van der Waals surface area contributed by atoms with Gasteiger partial charge in [0.25, 0.3) is 5.91 Å². The van der Waals surface area contributed by atoms with E-state index < -0.39 is 5.91 Å². The summed E-state index contributed by atoms with van der Waals surface area (Å²) in [6, 6.07) is 14.0. The van der Waals surface area contributed by atoms with Crippen LogP contribution in [-0.2, 0) is 4.79 Å². The lowest BCUT2D eigenvalue weighted by atomic mass is 10.1. The third-order valence-corrected chi connectivity index (χ3v) is 4.20. The van der Waals surface area contributed by atoms with Crippen molar-refractivity contribution in [1.82, 2.24) is 0 Å². The highest BCUT2D eigenvalue weighted by Crippen LogP contribution is 2.23. The Labute approximate surface area is 159 Å². The van der Waals surface area contributed by atoms with Crippen LogP contribution in [0.25, 0.3) is 0 Å². The number of hydrogen-bond donors (Lipinski definition) is 3. The van der Waals surface area contributed by atoms with Crippen LogP contribution in [0.2, 0.25) is 0 Å². The normalized spacial score (nSPS) is 10.8. The van der Waals surface area contributed by atoms with Gasteiger partial charge in [0.15, 0.2) is 0 Å². The summed E-state index contributed by atoms with van der Waals surface area (Å²) in [7, 11) is 0. The number of hydrogen-bond acceptors (Lipinski definition) is 5. The third-order valence-electron chi connectivity index (χ3n) is 4.20. The fraction of sp³-hybridized carbons (Fsp3) is 0.238. The van der Waals surface area contributed by atoms with Crippen molar-refractivity contribution < 1.29 is 9.90 Å². The van der Waals surface area contributed by atoms with E-state index in [1.807, 2.05) is 25.1 Å². The molecule has 0 radical (unpaired) electrons. The largest absolute Gasteiger partial charge is 0.508 e. The Morgan fingerprint density at radius 3 is 2.41 bits per heavy atom. The summed E-state index contributed by atoms with van der Waals surface area (Å²) in [4.78, 5) is 14.5. The molecule has 6 nitrogen and oxygen atoms in total. The Hall–Kier alpha value is -3.46. The first-order valence-corrected chi connectivity index (χ1v) is 8.81. The molecule has 0 spiro atoms. The van der Waals surface area contributed by atoms with Gasteiger partial charge in [0.1, 0.15) is 17.4 Å². The molecule has 2 rings (SSSR count). The van der Waals surface area contributed by atoms with E-state index in [4.69, 9.17) is 0 Å². The lowest BCUT2D eigenvalue weighted by Gasteiger charge is -2.22. The van der Waals surface area contributed by atoms with Gasteiger partial charge < -0.3 is 20.6 Å². The zero-order valence-corrected chi connectivity index (χ0v) is 15.8. The van der Waals surface area contributed by atoms with Crippen LogP contribution in [0.1, 0.15) is 19.4 Å². The minimum absolute atomic E-state index is 0.0460. The molecule has 140 valence electrons. The van der Waals surface area contributed by atoms with Crippen LogP contribution >= 0.6 is 0 Å². The lowest BCUT2D eigenvalue weighted by molar-refractivity contribution is -0.112. The van der Waals surface area contributed by atoms with Crippen molar-refractivity contribution in [3.8, 4) is 11.8 Å². The predicted molar refractivity (Wildman–Crippen MR) is 109 cm³/mol. The lowest BCUT2D eigenvalue weighted by Crippen LogP contribution is -2.21. The summed E-state index contributed by atoms with van der Waals surface area (Å²) in [5, 5.41) is 24.2. The highest BCUT2D eigenvalue weighted by molar-refractivity contribution is 6.06. The maximum Gasteiger partial charge on any atom is 0.267 e. The van der Waals surface area contributed by atoms with Gasteiger partial charge in [-0.25, -0.2) is 0 Å². The molecule has 27 heavy (non-hydrogen) atoms. The Kier molecular flexibility index (Phi) is 6.84. The van der Waals surface area contributed by atoms with Crippen molar-refractivity contribution in [3.63, 3.8) is 0 Å². The van der Waals surface area contributed by atoms with Gasteiger partial charge in [-0.3, -0.25) is 4.79 Å². The van der Waals surface area contributed by atoms with Gasteiger partial charge in [-0.1, -0.05) is 0 Å². The van der Waals surface area contributed by atoms with E-state index in [0.717, 1.165) is 30.0 Å². The predicted octanol–water partition coefficient (Wildman–Crippen LogP) is 4.00. The number of aromatic hydroxyl groups is 1. The molecule has 0 aliphatic rings. The maximum absolute atomic E-state index is 12.2. The molecule has 1 amide bonds. The number of carbonyl (C=O) groups excluding carboxylic acids is 1. The summed E-state index contributed by atoms with van der Waals surface area (Å²) in [6.45, 7) is 8.06. The van der Waals surface area contributed by atoms with E-state index >= 15 is 0 Å². The summed E-state index contributed by atoms with van der Waals surface area (Å²) in [5.74, 6) is -0.414. The first kappa shape index (κ1) is 19.9. The van der Waals surface area contributed by atoms with Crippen molar-refractivity contribution in [2.45, 2.75) is 20.8 Å². The molecule has 0 atom stereocenters. The zero-order valence-electron chi connectivity index (χ0n) is 15.8. The Bertz CT molecular complexity index is 863. The highest BCUT2D eigenvalue weighted by Gasteiger charge is 2.10. The Morgan fingerprint density at radius 2 is 1.85 bits per heavy atom. The molecule has 0 bridgehead atoms. The van der Waals surface area contributed by atoms with Crippen molar-refractivity contribution in [2.24, 2.45) is 0 Å². The molecule has 0 aromatic heterocycles. The van der Waals surface area contributed by atoms with Crippen molar-refractivity contribution in [1.29, 1.82) is 5.26 Å². The SMILES string of the molecule is CCN(CC)c1ccc(N/C=C(/C#N)C(=O)Nc2ccc(O)cc2)c(C)c1. The van der Waals surface area contributed by atoms with Gasteiger partial charge >= 0.3 is 0 Å². The van der Waals surface area contributed by atoms with Crippen LogP contribution in [-0.4, -0.2) is 24.1 Å². The second-order valence-electron chi connectivity index (χ2n) is 5.99. The van der Waals surface area contributed by atoms with Gasteiger partial charge in [-0.2, -0.15) is 5.26 Å². The standard InChI is InChI=1S/C21H24N4O2/c1-4-25(5-2)18-8-11-20(15(3)12-18)23-14-16(13-22)21(27)24-17-6-9-19(26)10-7-17/h6-12,14,23,26H,4-5H2,1-3H3,(H,24,27)/b16-14-. The third kappa shape index (κ3) is 5.25. The molecule has 6 heteroatoms. The minimum Gasteiger partial charge on any atom is -0.508 e. The molecule has 3 N–H and O–H groups in total. The van der Waals surface area contributed by atoms with Crippen LogP contribution in [0, 0.1) is 18.3 Å². The molecule has 0 aliphatic carbocycles. The van der Waals surface area contributed by atoms with Crippen LogP contribution in [0.3, 0.4) is 0 Å². The highest BCUT2D eigenvalue weighted by atomic mass is 16.3. The minimum atomic E-state index is -0.520. The summed E-state index contributed by atoms with van der Waals surface area (Å²) in [5.41, 5.74) is 3.44. The number of nitriles is 1. The average Bonchev–Trinajstić information content (AvgIpc) is 2.66. The zero-order chi connectivity index (χ0) is 19.8. The molecule has 0 unspecified atom stereocenters. The molecule has 0 aliphatic heterocycles. The molecule has 2 aromatic carbocycles. The molecular weight excluding hydrogens is 340 g/mol. The number of amides is 1. The molecular formula is C21H24N4O2. The topological polar surface area (TPSA) is 88.4 Å². The van der Waals surface area contributed by atoms with Gasteiger partial charge in [-0.05, 0) is 68.8 Å². The first-order valence-electron chi connectivity index (χ1n) is 8.81. The van der Waals surface area contributed by atoms with E-state index in [-0.39, 0.29) is 11.3 Å². The van der Waals surface area contributed by atoms with E-state index in [0.29, 0.717) is 5.69 Å². The smallest absolute Gasteiger partial charge is 0.267 e. The Morgan fingerprint density at radius 1 is 1.19 bits per heavy atom. The average molecular weight is 364 g/mol. The second-order valence-corrected chi connectivity index (χ2v) is 5.99. The number of rotatable bonds is 7. The van der Waals surface area contributed by atoms with Crippen molar-refractivity contribution in [2.75, 3.05) is 28.6 Å². The molecule has 0 saturated carbocycles. The van der Waals surface area contributed by atoms with Crippen LogP contribution < -0.4 is 15.5 Å². The summed E-state index contributed by atoms with van der Waals surface area (Å²) >= 11 is 0. The fourth-order valence-corrected chi connectivity index (χ4v) is 2.64. The number of benzene rings is 2. The number of phenolic OH excluding ortho intramolecular Hbond substituents is 1. The van der Waals surface area contributed by atoms with Gasteiger partial charge in [0, 0.05) is 36.4 Å². The number of anilines is 3. The van der Waals surface area contributed by atoms with Gasteiger partial charge in [0.2, 0.25) is 0 Å². The summed E-state index contributed by atoms with van der Waals surface area (Å²) in [6.07, 6.45) is 1.40. The van der Waals surface area contributed by atoms with Crippen LogP contribution in [0.4, 0.5) is 17.1 Å². The van der Waals surface area contributed by atoms with E-state index in [2.05, 4.69) is 35.4 Å². The molecule has 0 saturated heterocycles. The first-order chi connectivity index (χ1) is 13.0. The second kappa shape index (κ2) is 9.30. The van der Waals surface area contributed by atoms with Crippen molar-refractivity contribution in [3.05, 3.63) is 59.8 Å².